The van der Waals surface area contributed by atoms with Gasteiger partial charge in [-0.05, 0) is 6.42 Å². The van der Waals surface area contributed by atoms with Gasteiger partial charge in [0.15, 0.2) is 0 Å². The smallest absolute Gasteiger partial charge is 0.346 e. The first-order valence-electron chi connectivity index (χ1n) is 5.41. The number of rotatable bonds is 4. The van der Waals surface area contributed by atoms with E-state index in [1.807, 2.05) is 0 Å². The van der Waals surface area contributed by atoms with E-state index in [1.54, 1.807) is 6.92 Å². The number of hydrogen-bond donors (Lipinski definition) is 1. The molecule has 0 aliphatic rings. The van der Waals surface area contributed by atoms with Crippen molar-refractivity contribution in [3.8, 4) is 0 Å². The van der Waals surface area contributed by atoms with Gasteiger partial charge >= 0.3 is 11.7 Å². The highest BCUT2D eigenvalue weighted by Gasteiger charge is 2.25. The van der Waals surface area contributed by atoms with E-state index in [1.165, 1.54) is 26.0 Å². The van der Waals surface area contributed by atoms with Crippen molar-refractivity contribution < 1.29 is 9.90 Å². The molecule has 1 aromatic heterocycles. The third-order valence-electron chi connectivity index (χ3n) is 2.78. The van der Waals surface area contributed by atoms with Crippen molar-refractivity contribution in [2.24, 2.45) is 14.1 Å². The number of aromatic nitrogens is 3. The number of carboxylic acids is 1. The zero-order valence-corrected chi connectivity index (χ0v) is 10.7. The first kappa shape index (κ1) is 13.9. The van der Waals surface area contributed by atoms with Gasteiger partial charge in [-0.2, -0.15) is 0 Å². The van der Waals surface area contributed by atoms with Crippen molar-refractivity contribution in [1.82, 2.24) is 14.3 Å². The van der Waals surface area contributed by atoms with Crippen molar-refractivity contribution in [2.75, 3.05) is 11.9 Å². The van der Waals surface area contributed by atoms with Gasteiger partial charge in [0, 0.05) is 21.1 Å². The molecule has 0 bridgehead atoms. The molecule has 18 heavy (non-hydrogen) atoms. The molecule has 0 fully saturated rings. The van der Waals surface area contributed by atoms with E-state index in [4.69, 9.17) is 5.11 Å². The van der Waals surface area contributed by atoms with Gasteiger partial charge < -0.3 is 10.0 Å². The van der Waals surface area contributed by atoms with E-state index in [0.717, 1.165) is 9.25 Å². The van der Waals surface area contributed by atoms with Gasteiger partial charge in [-0.25, -0.2) is 14.3 Å². The molecular weight excluding hydrogens is 240 g/mol. The van der Waals surface area contributed by atoms with Crippen molar-refractivity contribution in [3.05, 3.63) is 20.8 Å². The molecule has 100 valence electrons. The predicted molar refractivity (Wildman–Crippen MR) is 64.8 cm³/mol. The largest absolute Gasteiger partial charge is 0.480 e. The molecule has 8 heteroatoms. The fourth-order valence-electron chi connectivity index (χ4n) is 1.66. The summed E-state index contributed by atoms with van der Waals surface area (Å²) in [5, 5.41) is 12.9. The summed E-state index contributed by atoms with van der Waals surface area (Å²) >= 11 is 0. The summed E-state index contributed by atoms with van der Waals surface area (Å²) in [7, 11) is 4.20. The van der Waals surface area contributed by atoms with Crippen LogP contribution in [0.5, 0.6) is 0 Å². The average Bonchev–Trinajstić information content (AvgIpc) is 2.31. The van der Waals surface area contributed by atoms with Crippen molar-refractivity contribution in [2.45, 2.75) is 19.4 Å². The third kappa shape index (κ3) is 2.27. The van der Waals surface area contributed by atoms with Gasteiger partial charge in [0.05, 0.1) is 0 Å². The van der Waals surface area contributed by atoms with E-state index >= 15 is 0 Å². The lowest BCUT2D eigenvalue weighted by Crippen LogP contribution is -2.46. The number of aliphatic carboxylic acids is 1. The lowest BCUT2D eigenvalue weighted by atomic mass is 10.2. The van der Waals surface area contributed by atoms with Gasteiger partial charge in [-0.3, -0.25) is 9.36 Å². The molecule has 0 amide bonds. The molecule has 1 heterocycles. The maximum atomic E-state index is 11.9. The molecule has 1 rings (SSSR count). The molecule has 1 atom stereocenters. The van der Waals surface area contributed by atoms with Crippen LogP contribution in [0.25, 0.3) is 0 Å². The average molecular weight is 256 g/mol. The Balaban J connectivity index is 3.39. The Morgan fingerprint density at radius 3 is 2.44 bits per heavy atom. The van der Waals surface area contributed by atoms with Gasteiger partial charge in [0.1, 0.15) is 6.04 Å². The minimum absolute atomic E-state index is 0.0612. The molecule has 0 saturated heterocycles. The zero-order valence-electron chi connectivity index (χ0n) is 10.7. The fourth-order valence-corrected chi connectivity index (χ4v) is 1.66. The predicted octanol–water partition coefficient (Wildman–Crippen LogP) is -1.22. The van der Waals surface area contributed by atoms with Crippen LogP contribution in [0.4, 0.5) is 5.82 Å². The van der Waals surface area contributed by atoms with Crippen molar-refractivity contribution in [1.29, 1.82) is 0 Å². The minimum atomic E-state index is -1.04. The van der Waals surface area contributed by atoms with Crippen molar-refractivity contribution in [3.63, 3.8) is 0 Å². The molecule has 0 aromatic carbocycles. The summed E-state index contributed by atoms with van der Waals surface area (Å²) in [6.07, 6.45) is 0.319. The summed E-state index contributed by atoms with van der Waals surface area (Å²) in [6.45, 7) is 1.70. The van der Waals surface area contributed by atoms with E-state index in [0.29, 0.717) is 6.42 Å². The molecule has 0 radical (unpaired) electrons. The number of aryl methyl sites for hydroxylation is 1. The summed E-state index contributed by atoms with van der Waals surface area (Å²) in [5.41, 5.74) is -1.17. The van der Waals surface area contributed by atoms with Crippen LogP contribution >= 0.6 is 0 Å². The number of hydrogen-bond acceptors (Lipinski definition) is 5. The second-order valence-corrected chi connectivity index (χ2v) is 3.97. The lowest BCUT2D eigenvalue weighted by molar-refractivity contribution is -0.138. The molecular formula is C10H16N4O4. The van der Waals surface area contributed by atoms with Crippen LogP contribution in [-0.4, -0.2) is 38.5 Å². The Labute approximate surface area is 103 Å². The van der Waals surface area contributed by atoms with Gasteiger partial charge in [0.25, 0.3) is 5.56 Å². The molecule has 0 aliphatic heterocycles. The Kier molecular flexibility index (Phi) is 3.89. The third-order valence-corrected chi connectivity index (χ3v) is 2.78. The number of likely N-dealkylation sites (N-methyl/N-ethyl adjacent to an activating group) is 1. The standard InChI is InChI=1S/C10H16N4O4/c1-5-6(9(16)17)12(2)7-8(15)13(3)10(18)14(4)11-7/h6H,5H2,1-4H3,(H,16,17). The molecule has 1 aromatic rings. The topological polar surface area (TPSA) is 97.4 Å². The van der Waals surface area contributed by atoms with E-state index in [9.17, 15) is 14.4 Å². The molecule has 0 spiro atoms. The molecule has 0 saturated carbocycles. The molecule has 0 aliphatic carbocycles. The maximum Gasteiger partial charge on any atom is 0.346 e. The van der Waals surface area contributed by atoms with E-state index in [2.05, 4.69) is 5.10 Å². The Hall–Kier alpha value is -2.12. The minimum Gasteiger partial charge on any atom is -0.480 e. The monoisotopic (exact) mass is 256 g/mol. The summed E-state index contributed by atoms with van der Waals surface area (Å²) < 4.78 is 1.90. The van der Waals surface area contributed by atoms with Crippen LogP contribution in [-0.2, 0) is 18.9 Å². The SMILES string of the molecule is CCC(C(=O)O)N(C)c1nn(C)c(=O)n(C)c1=O. The number of nitrogens with zero attached hydrogens (tertiary/aromatic N) is 4. The summed E-state index contributed by atoms with van der Waals surface area (Å²) in [5.74, 6) is -1.11. The van der Waals surface area contributed by atoms with Crippen LogP contribution in [0.3, 0.4) is 0 Å². The maximum absolute atomic E-state index is 11.9. The zero-order chi connectivity index (χ0) is 14.0. The van der Waals surface area contributed by atoms with Crippen molar-refractivity contribution >= 4 is 11.8 Å². The highest BCUT2D eigenvalue weighted by Crippen LogP contribution is 2.08. The van der Waals surface area contributed by atoms with E-state index in [-0.39, 0.29) is 5.82 Å². The molecule has 8 nitrogen and oxygen atoms in total. The molecule has 1 unspecified atom stereocenters. The number of carboxylic acid groups (broad SMARTS) is 1. The Bertz CT molecular complexity index is 574. The van der Waals surface area contributed by atoms with Gasteiger partial charge in [-0.15, -0.1) is 5.10 Å². The van der Waals surface area contributed by atoms with Gasteiger partial charge in [0.2, 0.25) is 5.82 Å². The van der Waals surface area contributed by atoms with Crippen LogP contribution in [0.1, 0.15) is 13.3 Å². The quantitative estimate of drug-likeness (QED) is 0.725. The van der Waals surface area contributed by atoms with E-state index < -0.39 is 23.3 Å². The second-order valence-electron chi connectivity index (χ2n) is 3.97. The first-order chi connectivity index (χ1) is 8.31. The molecule has 1 N–H and O–H groups in total. The van der Waals surface area contributed by atoms with Crippen LogP contribution in [0.15, 0.2) is 9.59 Å². The Morgan fingerprint density at radius 2 is 2.00 bits per heavy atom. The Morgan fingerprint density at radius 1 is 1.44 bits per heavy atom. The van der Waals surface area contributed by atoms with Crippen LogP contribution in [0.2, 0.25) is 0 Å². The number of carbonyl (C=O) groups is 1. The number of anilines is 1. The van der Waals surface area contributed by atoms with Crippen LogP contribution in [0, 0.1) is 0 Å². The fraction of sp³-hybridized carbons (Fsp3) is 0.600. The second kappa shape index (κ2) is 5.03. The lowest BCUT2D eigenvalue weighted by Gasteiger charge is -2.24. The summed E-state index contributed by atoms with van der Waals surface area (Å²) in [6, 6.07) is -0.859. The highest BCUT2D eigenvalue weighted by atomic mass is 16.4. The highest BCUT2D eigenvalue weighted by molar-refractivity contribution is 5.77. The normalized spacial score (nSPS) is 12.2. The van der Waals surface area contributed by atoms with Gasteiger partial charge in [-0.1, -0.05) is 6.92 Å². The summed E-state index contributed by atoms with van der Waals surface area (Å²) in [4.78, 5) is 35.7. The van der Waals surface area contributed by atoms with Crippen LogP contribution < -0.4 is 16.1 Å². The first-order valence-corrected chi connectivity index (χ1v) is 5.41.